The maximum absolute atomic E-state index is 11.6. The molecule has 1 aliphatic rings. The number of halogens is 1. The lowest BCUT2D eigenvalue weighted by molar-refractivity contribution is -0.122. The quantitative estimate of drug-likeness (QED) is 0.778. The van der Waals surface area contributed by atoms with Crippen LogP contribution in [0.5, 0.6) is 0 Å². The normalized spacial score (nSPS) is 20.5. The molecule has 1 unspecified atom stereocenters. The Morgan fingerprint density at radius 1 is 1.41 bits per heavy atom. The molecule has 0 bridgehead atoms. The molecule has 0 radical (unpaired) electrons. The molecule has 0 aromatic heterocycles. The van der Waals surface area contributed by atoms with Crippen LogP contribution in [0.2, 0.25) is 0 Å². The Morgan fingerprint density at radius 2 is 2.18 bits per heavy atom. The lowest BCUT2D eigenvalue weighted by atomic mass is 10.1. The van der Waals surface area contributed by atoms with Gasteiger partial charge in [0.05, 0.1) is 6.54 Å². The first kappa shape index (κ1) is 16.7. The van der Waals surface area contributed by atoms with Crippen LogP contribution in [0.25, 0.3) is 0 Å². The summed E-state index contributed by atoms with van der Waals surface area (Å²) in [6, 6.07) is 0.558. The average Bonchev–Trinajstić information content (AvgIpc) is 2.54. The first-order chi connectivity index (χ1) is 7.74. The maximum atomic E-state index is 11.6. The van der Waals surface area contributed by atoms with Gasteiger partial charge in [-0.2, -0.15) is 0 Å². The molecule has 0 aromatic carbocycles. The van der Waals surface area contributed by atoms with Gasteiger partial charge in [0.25, 0.3) is 0 Å². The summed E-state index contributed by atoms with van der Waals surface area (Å²) < 4.78 is 0. The van der Waals surface area contributed by atoms with Crippen molar-refractivity contribution in [2.45, 2.75) is 38.6 Å². The van der Waals surface area contributed by atoms with Gasteiger partial charge in [0.2, 0.25) is 5.91 Å². The van der Waals surface area contributed by atoms with Crippen LogP contribution in [0.15, 0.2) is 0 Å². The van der Waals surface area contributed by atoms with Gasteiger partial charge < -0.3 is 10.6 Å². The number of likely N-dealkylation sites (N-methyl/N-ethyl adjacent to an activating group) is 1. The fraction of sp³-hybridized carbons (Fsp3) is 0.917. The minimum atomic E-state index is 0. The molecule has 1 heterocycles. The lowest BCUT2D eigenvalue weighted by Crippen LogP contribution is -2.41. The van der Waals surface area contributed by atoms with Gasteiger partial charge in [-0.05, 0) is 45.8 Å². The average molecular weight is 264 g/mol. The van der Waals surface area contributed by atoms with Crippen molar-refractivity contribution in [3.8, 4) is 0 Å². The number of carbonyl (C=O) groups is 1. The molecule has 1 amide bonds. The van der Waals surface area contributed by atoms with Crippen LogP contribution in [0, 0.1) is 0 Å². The van der Waals surface area contributed by atoms with E-state index in [9.17, 15) is 4.79 Å². The highest BCUT2D eigenvalue weighted by Gasteiger charge is 2.18. The van der Waals surface area contributed by atoms with Crippen LogP contribution in [0.1, 0.15) is 32.6 Å². The van der Waals surface area contributed by atoms with Gasteiger partial charge in [-0.3, -0.25) is 9.69 Å². The third-order valence-electron chi connectivity index (χ3n) is 3.13. The molecule has 1 aliphatic heterocycles. The molecule has 5 heteroatoms. The van der Waals surface area contributed by atoms with Gasteiger partial charge in [-0.1, -0.05) is 6.92 Å². The predicted molar refractivity (Wildman–Crippen MR) is 73.7 cm³/mol. The molecule has 2 N–H and O–H groups in total. The van der Waals surface area contributed by atoms with Crippen molar-refractivity contribution in [2.24, 2.45) is 0 Å². The zero-order valence-electron chi connectivity index (χ0n) is 11.0. The Balaban J connectivity index is 0.00000256. The molecule has 0 aliphatic carbocycles. The molecule has 1 atom stereocenters. The Labute approximate surface area is 111 Å². The topological polar surface area (TPSA) is 44.4 Å². The standard InChI is InChI=1S/C12H25N3O.ClH/c1-3-7-14-12(16)10-15(2)11-5-4-8-13-9-6-11;/h11,13H,3-10H2,1-2H3,(H,14,16);1H. The highest BCUT2D eigenvalue weighted by molar-refractivity contribution is 5.85. The maximum Gasteiger partial charge on any atom is 0.234 e. The van der Waals surface area contributed by atoms with E-state index in [1.807, 2.05) is 0 Å². The van der Waals surface area contributed by atoms with Gasteiger partial charge in [-0.15, -0.1) is 12.4 Å². The van der Waals surface area contributed by atoms with Crippen LogP contribution in [-0.4, -0.2) is 50.1 Å². The minimum Gasteiger partial charge on any atom is -0.355 e. The van der Waals surface area contributed by atoms with Gasteiger partial charge in [0.15, 0.2) is 0 Å². The summed E-state index contributed by atoms with van der Waals surface area (Å²) in [5, 5.41) is 6.31. The fourth-order valence-corrected chi connectivity index (χ4v) is 2.12. The number of nitrogens with zero attached hydrogens (tertiary/aromatic N) is 1. The highest BCUT2D eigenvalue weighted by Crippen LogP contribution is 2.11. The Morgan fingerprint density at radius 3 is 2.88 bits per heavy atom. The molecule has 17 heavy (non-hydrogen) atoms. The molecule has 4 nitrogen and oxygen atoms in total. The van der Waals surface area contributed by atoms with E-state index in [0.717, 1.165) is 32.5 Å². The van der Waals surface area contributed by atoms with Crippen molar-refractivity contribution in [3.05, 3.63) is 0 Å². The van der Waals surface area contributed by atoms with E-state index in [2.05, 4.69) is 29.5 Å². The fourth-order valence-electron chi connectivity index (χ4n) is 2.12. The summed E-state index contributed by atoms with van der Waals surface area (Å²) >= 11 is 0. The second-order valence-corrected chi connectivity index (χ2v) is 4.60. The SMILES string of the molecule is CCCNC(=O)CN(C)C1CCCNCC1.Cl. The molecule has 0 spiro atoms. The van der Waals surface area contributed by atoms with E-state index in [1.165, 1.54) is 12.8 Å². The molecule has 102 valence electrons. The smallest absolute Gasteiger partial charge is 0.234 e. The van der Waals surface area contributed by atoms with Crippen LogP contribution in [0.4, 0.5) is 0 Å². The molecule has 0 saturated carbocycles. The second kappa shape index (κ2) is 9.68. The van der Waals surface area contributed by atoms with E-state index in [0.29, 0.717) is 12.6 Å². The van der Waals surface area contributed by atoms with Gasteiger partial charge >= 0.3 is 0 Å². The van der Waals surface area contributed by atoms with Crippen LogP contribution in [-0.2, 0) is 4.79 Å². The number of carbonyl (C=O) groups excluding carboxylic acids is 1. The third-order valence-corrected chi connectivity index (χ3v) is 3.13. The largest absolute Gasteiger partial charge is 0.355 e. The summed E-state index contributed by atoms with van der Waals surface area (Å²) in [5.74, 6) is 0.154. The second-order valence-electron chi connectivity index (χ2n) is 4.60. The van der Waals surface area contributed by atoms with Crippen molar-refractivity contribution >= 4 is 18.3 Å². The molecule has 1 saturated heterocycles. The van der Waals surface area contributed by atoms with Gasteiger partial charge in [-0.25, -0.2) is 0 Å². The van der Waals surface area contributed by atoms with Crippen LogP contribution < -0.4 is 10.6 Å². The predicted octanol–water partition coefficient (Wildman–Crippen LogP) is 1.01. The van der Waals surface area contributed by atoms with E-state index < -0.39 is 0 Å². The summed E-state index contributed by atoms with van der Waals surface area (Å²) in [5.41, 5.74) is 0. The molecular formula is C12H26ClN3O. The number of hydrogen-bond donors (Lipinski definition) is 2. The Bertz CT molecular complexity index is 206. The van der Waals surface area contributed by atoms with Crippen molar-refractivity contribution in [3.63, 3.8) is 0 Å². The lowest BCUT2D eigenvalue weighted by Gasteiger charge is -2.26. The summed E-state index contributed by atoms with van der Waals surface area (Å²) in [6.45, 7) is 5.59. The highest BCUT2D eigenvalue weighted by atomic mass is 35.5. The number of nitrogens with one attached hydrogen (secondary N) is 2. The van der Waals surface area contributed by atoms with Gasteiger partial charge in [0.1, 0.15) is 0 Å². The molecule has 1 fully saturated rings. The number of rotatable bonds is 5. The van der Waals surface area contributed by atoms with Crippen molar-refractivity contribution in [2.75, 3.05) is 33.2 Å². The summed E-state index contributed by atoms with van der Waals surface area (Å²) in [4.78, 5) is 13.8. The van der Waals surface area contributed by atoms with E-state index in [4.69, 9.17) is 0 Å². The van der Waals surface area contributed by atoms with Crippen LogP contribution >= 0.6 is 12.4 Å². The molecular weight excluding hydrogens is 238 g/mol. The minimum absolute atomic E-state index is 0. The van der Waals surface area contributed by atoms with E-state index in [1.54, 1.807) is 0 Å². The zero-order valence-corrected chi connectivity index (χ0v) is 11.8. The summed E-state index contributed by atoms with van der Waals surface area (Å²) in [6.07, 6.45) is 4.57. The summed E-state index contributed by atoms with van der Waals surface area (Å²) in [7, 11) is 2.06. The van der Waals surface area contributed by atoms with Crippen molar-refractivity contribution in [1.82, 2.24) is 15.5 Å². The first-order valence-electron chi connectivity index (χ1n) is 6.41. The molecule has 0 aromatic rings. The number of hydrogen-bond acceptors (Lipinski definition) is 3. The van der Waals surface area contributed by atoms with Crippen molar-refractivity contribution < 1.29 is 4.79 Å². The van der Waals surface area contributed by atoms with Crippen molar-refractivity contribution in [1.29, 1.82) is 0 Å². The zero-order chi connectivity index (χ0) is 11.8. The van der Waals surface area contributed by atoms with Crippen LogP contribution in [0.3, 0.4) is 0 Å². The third kappa shape index (κ3) is 6.86. The Kier molecular flexibility index (Phi) is 9.50. The first-order valence-corrected chi connectivity index (χ1v) is 6.41. The van der Waals surface area contributed by atoms with Gasteiger partial charge in [0, 0.05) is 12.6 Å². The van der Waals surface area contributed by atoms with E-state index >= 15 is 0 Å². The van der Waals surface area contributed by atoms with E-state index in [-0.39, 0.29) is 18.3 Å². The monoisotopic (exact) mass is 263 g/mol. The number of amides is 1. The molecule has 1 rings (SSSR count). The Hall–Kier alpha value is -0.320.